The maximum absolute atomic E-state index is 13.3. The largest absolute Gasteiger partial charge is 0.502 e. The van der Waals surface area contributed by atoms with Gasteiger partial charge in [-0.15, -0.1) is 12.4 Å². The van der Waals surface area contributed by atoms with Crippen molar-refractivity contribution >= 4 is 30.4 Å². The van der Waals surface area contributed by atoms with E-state index in [0.717, 1.165) is 10.9 Å². The van der Waals surface area contributed by atoms with E-state index in [0.29, 0.717) is 6.42 Å². The zero-order valence-corrected chi connectivity index (χ0v) is 58.8. The number of halogens is 1. The van der Waals surface area contributed by atoms with Gasteiger partial charge in [0.2, 0.25) is 5.43 Å². The van der Waals surface area contributed by atoms with E-state index in [-0.39, 0.29) is 84.2 Å². The summed E-state index contributed by atoms with van der Waals surface area (Å²) in [6, 6.07) is -39.5. The summed E-state index contributed by atoms with van der Waals surface area (Å²) in [5, 5.41) is 25.6. The molecule has 0 saturated carbocycles. The highest BCUT2D eigenvalue weighted by Gasteiger charge is 2.48. The Morgan fingerprint density at radius 1 is 0.491 bits per heavy atom. The topological polar surface area (TPSA) is 155 Å². The summed E-state index contributed by atoms with van der Waals surface area (Å²) in [4.78, 5) is 51.1. The number of carbonyl (C=O) groups excluding carboxylic acids is 3. The van der Waals surface area contributed by atoms with Crippen LogP contribution in [0.15, 0.2) is 374 Å². The highest BCUT2D eigenvalue weighted by Crippen LogP contribution is 2.45. The number of aromatic hydroxyl groups is 1. The number of hydrogen-bond donors (Lipinski definition) is 2. The van der Waals surface area contributed by atoms with Gasteiger partial charge in [-0.2, -0.15) is 5.10 Å². The second-order valence-electron chi connectivity index (χ2n) is 23.5. The Morgan fingerprint density at radius 2 is 0.809 bits per heavy atom. The Labute approximate surface area is 737 Å². The summed E-state index contributed by atoms with van der Waals surface area (Å²) in [7, 11) is 0. The fraction of sp³-hybridized carbons (Fsp3) is 0.194. The first-order chi connectivity index (χ1) is 78.2. The van der Waals surface area contributed by atoms with Crippen LogP contribution in [-0.4, -0.2) is 80.9 Å². The zero-order chi connectivity index (χ0) is 128. The van der Waals surface area contributed by atoms with E-state index in [4.69, 9.17) is 91.7 Å². The van der Waals surface area contributed by atoms with Crippen LogP contribution in [0.4, 0.5) is 0 Å². The van der Waals surface area contributed by atoms with Crippen LogP contribution in [0.2, 0.25) is 0 Å². The van der Waals surface area contributed by atoms with Crippen LogP contribution < -0.4 is 5.43 Å². The Hall–Kier alpha value is -11.7. The molecule has 13 aromatic rings. The number of amides is 1. The number of aliphatic hydroxyl groups excluding tert-OH is 1. The third kappa shape index (κ3) is 21.8. The van der Waals surface area contributed by atoms with E-state index >= 15 is 0 Å². The van der Waals surface area contributed by atoms with E-state index in [2.05, 4.69) is 5.10 Å². The second kappa shape index (κ2) is 41.0. The van der Waals surface area contributed by atoms with Gasteiger partial charge < -0.3 is 29.4 Å². The lowest BCUT2D eigenvalue weighted by Crippen LogP contribution is -2.49. The van der Waals surface area contributed by atoms with E-state index < -0.39 is 478 Å². The molecular weight excluding hydrogens is 1380 g/mol. The average Bonchev–Trinajstić information content (AvgIpc) is 1.50. The van der Waals surface area contributed by atoms with E-state index in [1.165, 1.54) is 4.90 Å². The molecule has 3 atom stereocenters. The molecule has 1 amide bonds. The predicted molar refractivity (Wildman–Crippen MR) is 443 cm³/mol. The number of benzene rings is 12. The lowest BCUT2D eigenvalue weighted by atomic mass is 9.83. The van der Waals surface area contributed by atoms with Crippen molar-refractivity contribution in [3.8, 4) is 5.75 Å². The Morgan fingerprint density at radius 3 is 1.13 bits per heavy atom. The summed E-state index contributed by atoms with van der Waals surface area (Å²) in [6.45, 7) is 6.96. The average molecular weight is 1540 g/mol. The number of rotatable bonds is 20. The normalized spacial score (nSPS) is 22.0. The minimum Gasteiger partial charge on any atom is -0.502 e. The maximum Gasteiger partial charge on any atom is 0.276 e. The molecule has 12 aromatic carbocycles. The Balaban J connectivity index is 0.000000207. The molecule has 2 fully saturated rings. The summed E-state index contributed by atoms with van der Waals surface area (Å²) in [6.07, 6.45) is -0.295. The van der Waals surface area contributed by atoms with E-state index in [9.17, 15) is 29.4 Å². The summed E-state index contributed by atoms with van der Waals surface area (Å²) in [5.41, 5.74) is -7.53. The standard InChI is InChI=1S/C23H23N3O3.C19H24O.C15H14O.2C14H12O.C13H10O.ClH/c1-15(2)25-14-18(26-21(23(25)29)22(28)19(27)13-24-26)20(16-9-5-3-6-10-16)17-11-7-4-8-12-17;1-15(2)13-14-18(20)19(16-9-5-3-6-10-16)17-11-7-4-8-12-17;1-3-7-12(8-4-1)15(14-11-16-14)13-9-5-2-6-10-13;1-3-7-12(8-4-1)14(11-15-14)13-9-5-2-6-10-13;15-11-14(12-7-3-1-4-8-12)13-9-5-2-6-10-13;14-13(11-7-3-1-4-8-11)12-9-5-2-6-10-12;/h3-13,15,18,20,28H,14H2,1-2H3;3-12,15,18-20H,13-14H2,1-2H3;1-10,14-15H,11H2;1-10H,11H2;1-11,14H;1-10H;1H/t18-;;;;;;/m1....../s1/i2*3D,4D,5D,6D,7D,8D,9D,10D,11D,12D;4*1D,2D,3D,4D,5D,6D,7D,8D,9D,10D;. The van der Waals surface area contributed by atoms with Gasteiger partial charge in [-0.3, -0.25) is 19.1 Å². The third-order valence-electron chi connectivity index (χ3n) is 15.8. The molecule has 0 bridgehead atoms. The second-order valence-corrected chi connectivity index (χ2v) is 23.5. The van der Waals surface area contributed by atoms with Crippen molar-refractivity contribution < 1.29 is 116 Å². The predicted octanol–water partition coefficient (Wildman–Crippen LogP) is 20.3. The number of ketones is 1. The SMILES string of the molecule is Cl.[2H]c1c([2H])c([2H])c(C(=O)c2c([2H])c([2H])c([2H])c([2H])c2[2H])c([2H])c1[2H].[2H]c1c([2H])c([2H])c(C(C=O)c2c([2H])c([2H])c([2H])c([2H])c2[2H])c([2H])c1[2H].[2H]c1c([2H])c([2H])c(C(c2c([2H])c([2H])c([2H])c([2H])c2[2H])C(O)CCC(C)C)c([2H])c1[2H].[2H]c1c([2H])c([2H])c(C(c2c([2H])c([2H])c([2H])c([2H])c2[2H])C2CO2)c([2H])c1[2H].[2H]c1c([2H])c([2H])c(C(c2c([2H])c([2H])c([2H])c([2H])c2[2H])[C@H]2CN(C(C)C)C(=O)c3c(O)c(=O)cnn32)c([2H])c1[2H].[2H]c1c([2H])c([2H])c(C2(c3c([2H])c([2H])c([2H])c([2H])c3[2H])CO2)c([2H])c1[2H]. The molecule has 2 N–H and O–H groups in total. The molecule has 2 unspecified atom stereocenters. The van der Waals surface area contributed by atoms with Crippen LogP contribution in [0.1, 0.15) is 235 Å². The monoisotopic (exact) mass is 1540 g/mol. The number of aliphatic hydroxyl groups is 1. The van der Waals surface area contributed by atoms with Gasteiger partial charge in [-0.05, 0) is 88.2 Å². The molecule has 0 radical (unpaired) electrons. The van der Waals surface area contributed by atoms with Crippen molar-refractivity contribution in [2.24, 2.45) is 5.92 Å². The number of ether oxygens (including phenoxy) is 2. The first-order valence-corrected chi connectivity index (χ1v) is 32.6. The molecule has 558 valence electrons. The maximum atomic E-state index is 13.3. The highest BCUT2D eigenvalue weighted by molar-refractivity contribution is 6.08. The smallest absolute Gasteiger partial charge is 0.276 e. The summed E-state index contributed by atoms with van der Waals surface area (Å²) >= 11 is 0. The van der Waals surface area contributed by atoms with Gasteiger partial charge in [-0.1, -0.05) is 376 Å². The van der Waals surface area contributed by atoms with E-state index in [1.807, 2.05) is 13.8 Å². The summed E-state index contributed by atoms with van der Waals surface area (Å²) < 4.78 is 487. The van der Waals surface area contributed by atoms with Crippen LogP contribution >= 0.6 is 12.4 Å². The molecule has 3 aliphatic rings. The summed E-state index contributed by atoms with van der Waals surface area (Å²) in [5.74, 6) is -8.30. The van der Waals surface area contributed by atoms with Gasteiger partial charge in [0, 0.05) is 41.5 Å². The van der Waals surface area contributed by atoms with Crippen molar-refractivity contribution in [1.82, 2.24) is 14.7 Å². The quantitative estimate of drug-likeness (QED) is 0.0431. The van der Waals surface area contributed by atoms with Crippen molar-refractivity contribution in [3.05, 3.63) is 451 Å². The van der Waals surface area contributed by atoms with Crippen LogP contribution in [0, 0.1) is 5.92 Å². The van der Waals surface area contributed by atoms with Gasteiger partial charge in [0.1, 0.15) is 11.9 Å². The Bertz CT molecular complexity index is 7980. The number of aromatic nitrogens is 2. The molecule has 0 spiro atoms. The van der Waals surface area contributed by atoms with Crippen LogP contribution in [0.5, 0.6) is 5.75 Å². The highest BCUT2D eigenvalue weighted by atomic mass is 35.5. The van der Waals surface area contributed by atoms with Gasteiger partial charge >= 0.3 is 0 Å². The molecule has 16 rings (SSSR count). The van der Waals surface area contributed by atoms with Crippen molar-refractivity contribution in [2.45, 2.75) is 94.1 Å². The van der Waals surface area contributed by atoms with Gasteiger partial charge in [0.25, 0.3) is 5.91 Å². The molecule has 0 aliphatic carbocycles. The van der Waals surface area contributed by atoms with Gasteiger partial charge in [-0.25, -0.2) is 0 Å². The zero-order valence-electron chi connectivity index (χ0n) is 118. The van der Waals surface area contributed by atoms with Crippen LogP contribution in [-0.2, 0) is 19.9 Å². The van der Waals surface area contributed by atoms with Crippen LogP contribution in [0.3, 0.4) is 0 Å². The molecule has 11 nitrogen and oxygen atoms in total. The Kier molecular flexibility index (Phi) is 12.4. The molecular formula is C98H96ClN3O8. The first kappa shape index (κ1) is 33.2. The van der Waals surface area contributed by atoms with Crippen molar-refractivity contribution in [3.63, 3.8) is 0 Å². The number of epoxide rings is 2. The fourth-order valence-electron chi connectivity index (χ4n) is 10.4. The van der Waals surface area contributed by atoms with Gasteiger partial charge in [0.15, 0.2) is 17.2 Å². The number of carbonyl (C=O) groups is 3. The molecule has 12 heteroatoms. The molecule has 110 heavy (non-hydrogen) atoms. The lowest BCUT2D eigenvalue weighted by molar-refractivity contribution is -0.108. The molecule has 3 aliphatic heterocycles. The number of aldehydes is 1. The molecule has 4 heterocycles. The third-order valence-corrected chi connectivity index (χ3v) is 15.8. The van der Waals surface area contributed by atoms with Crippen LogP contribution in [0.25, 0.3) is 0 Å². The lowest BCUT2D eigenvalue weighted by Gasteiger charge is -2.40. The van der Waals surface area contributed by atoms with Gasteiger partial charge in [0.05, 0.1) is 126 Å². The number of hydrogen-bond acceptors (Lipinski definition) is 9. The van der Waals surface area contributed by atoms with Crippen molar-refractivity contribution in [1.29, 1.82) is 0 Å². The van der Waals surface area contributed by atoms with E-state index in [1.54, 1.807) is 13.8 Å². The first-order valence-electron chi connectivity index (χ1n) is 62.6. The minimum absolute atomic E-state index is 0. The molecule has 1 aromatic heterocycles. The van der Waals surface area contributed by atoms with Crippen molar-refractivity contribution in [2.75, 3.05) is 19.8 Å². The fourth-order valence-corrected chi connectivity index (χ4v) is 10.4. The molecule has 2 saturated heterocycles. The number of fused-ring (bicyclic) bond motifs is 1. The number of nitrogens with zero attached hydrogens (tertiary/aromatic N) is 3. The minimum atomic E-state index is -1.65.